The molecule has 1 fully saturated rings. The van der Waals surface area contributed by atoms with Crippen molar-refractivity contribution in [1.29, 1.82) is 0 Å². The Morgan fingerprint density at radius 3 is 2.39 bits per heavy atom. The van der Waals surface area contributed by atoms with Crippen LogP contribution < -0.4 is 9.47 Å². The van der Waals surface area contributed by atoms with Crippen molar-refractivity contribution in [2.45, 2.75) is 32.9 Å². The maximum atomic E-state index is 13.1. The molecule has 0 bridgehead atoms. The number of aliphatic hydroxyl groups excluding tert-OH is 1. The van der Waals surface area contributed by atoms with Crippen molar-refractivity contribution < 1.29 is 33.3 Å². The number of Topliss-reactive ketones (excluding diaryl/α,β-unsaturated/α-hetero) is 1. The van der Waals surface area contributed by atoms with Crippen LogP contribution in [0.25, 0.3) is 5.76 Å². The first-order valence-electron chi connectivity index (χ1n) is 10.2. The molecule has 2 heterocycles. The standard InChI is InChI=1S/C23H25Cl2NO7/c1-11(2)32-9-8-26-18(15-7-6-12(3)33-15)16(20(28)23(26)29)19(27)13-10-14(24)22(31-5)17(25)21(13)30-4/h6-7,10-11,18,27H,8-9H2,1-5H3/b19-16+. The van der Waals surface area contributed by atoms with Crippen molar-refractivity contribution in [3.05, 3.63) is 50.9 Å². The molecule has 2 aromatic rings. The third-order valence-electron chi connectivity index (χ3n) is 5.15. The molecule has 1 unspecified atom stereocenters. The molecule has 1 aliphatic heterocycles. The second-order valence-electron chi connectivity index (χ2n) is 7.65. The molecular formula is C23H25Cl2NO7. The summed E-state index contributed by atoms with van der Waals surface area (Å²) in [4.78, 5) is 27.3. The average Bonchev–Trinajstić information content (AvgIpc) is 3.29. The molecule has 0 saturated carbocycles. The predicted octanol–water partition coefficient (Wildman–Crippen LogP) is 4.76. The Balaban J connectivity index is 2.20. The molecule has 3 rings (SSSR count). The van der Waals surface area contributed by atoms with Crippen molar-refractivity contribution in [3.63, 3.8) is 0 Å². The number of ketones is 1. The van der Waals surface area contributed by atoms with E-state index in [0.717, 1.165) is 0 Å². The summed E-state index contributed by atoms with van der Waals surface area (Å²) in [5.74, 6) is -1.06. The van der Waals surface area contributed by atoms with Gasteiger partial charge >= 0.3 is 0 Å². The fraction of sp³-hybridized carbons (Fsp3) is 0.391. The summed E-state index contributed by atoms with van der Waals surface area (Å²) in [5.41, 5.74) is -0.132. The molecular weight excluding hydrogens is 473 g/mol. The van der Waals surface area contributed by atoms with E-state index in [1.54, 1.807) is 19.1 Å². The van der Waals surface area contributed by atoms with E-state index in [0.29, 0.717) is 11.5 Å². The molecule has 8 nitrogen and oxygen atoms in total. The van der Waals surface area contributed by atoms with Gasteiger partial charge in [0.15, 0.2) is 11.5 Å². The molecule has 1 aromatic carbocycles. The van der Waals surface area contributed by atoms with Gasteiger partial charge in [-0.25, -0.2) is 0 Å². The lowest BCUT2D eigenvalue weighted by Crippen LogP contribution is -2.33. The zero-order chi connectivity index (χ0) is 24.4. The van der Waals surface area contributed by atoms with Crippen LogP contribution in [0.2, 0.25) is 10.0 Å². The van der Waals surface area contributed by atoms with Crippen molar-refractivity contribution in [2.24, 2.45) is 0 Å². The number of methoxy groups -OCH3 is 2. The van der Waals surface area contributed by atoms with E-state index in [2.05, 4.69) is 0 Å². The smallest absolute Gasteiger partial charge is 0.295 e. The van der Waals surface area contributed by atoms with E-state index in [-0.39, 0.29) is 51.9 Å². The van der Waals surface area contributed by atoms with Gasteiger partial charge < -0.3 is 28.6 Å². The van der Waals surface area contributed by atoms with Crippen LogP contribution in [-0.4, -0.2) is 55.2 Å². The van der Waals surface area contributed by atoms with Crippen LogP contribution in [0.1, 0.15) is 37.0 Å². The van der Waals surface area contributed by atoms with Gasteiger partial charge in [-0.3, -0.25) is 9.59 Å². The minimum absolute atomic E-state index is 0.0130. The first-order valence-corrected chi connectivity index (χ1v) is 10.9. The van der Waals surface area contributed by atoms with Crippen LogP contribution in [0.3, 0.4) is 0 Å². The zero-order valence-electron chi connectivity index (χ0n) is 18.9. The summed E-state index contributed by atoms with van der Waals surface area (Å²) < 4.78 is 21.9. The maximum Gasteiger partial charge on any atom is 0.295 e. The van der Waals surface area contributed by atoms with E-state index in [4.69, 9.17) is 41.8 Å². The minimum Gasteiger partial charge on any atom is -0.507 e. The molecule has 0 aliphatic carbocycles. The van der Waals surface area contributed by atoms with E-state index < -0.39 is 23.5 Å². The van der Waals surface area contributed by atoms with Gasteiger partial charge in [0.2, 0.25) is 0 Å². The topological polar surface area (TPSA) is 98.4 Å². The lowest BCUT2D eigenvalue weighted by molar-refractivity contribution is -0.140. The van der Waals surface area contributed by atoms with Crippen molar-refractivity contribution in [2.75, 3.05) is 27.4 Å². The van der Waals surface area contributed by atoms with E-state index in [1.807, 2.05) is 13.8 Å². The Bertz CT molecular complexity index is 1110. The average molecular weight is 498 g/mol. The van der Waals surface area contributed by atoms with Crippen LogP contribution in [0, 0.1) is 6.92 Å². The first kappa shape index (κ1) is 25.0. The van der Waals surface area contributed by atoms with Crippen LogP contribution in [0.4, 0.5) is 0 Å². The fourth-order valence-corrected chi connectivity index (χ4v) is 4.37. The van der Waals surface area contributed by atoms with Gasteiger partial charge in [0.1, 0.15) is 28.3 Å². The molecule has 1 amide bonds. The second kappa shape index (κ2) is 10.1. The van der Waals surface area contributed by atoms with Crippen LogP contribution in [0.5, 0.6) is 11.5 Å². The van der Waals surface area contributed by atoms with Gasteiger partial charge in [-0.1, -0.05) is 23.2 Å². The Kier molecular flexibility index (Phi) is 7.62. The number of hydrogen-bond donors (Lipinski definition) is 1. The summed E-state index contributed by atoms with van der Waals surface area (Å²) in [7, 11) is 2.73. The number of rotatable bonds is 8. The molecule has 33 heavy (non-hydrogen) atoms. The van der Waals surface area contributed by atoms with Gasteiger partial charge in [-0.2, -0.15) is 0 Å². The molecule has 178 valence electrons. The predicted molar refractivity (Wildman–Crippen MR) is 123 cm³/mol. The zero-order valence-corrected chi connectivity index (χ0v) is 20.4. The number of amides is 1. The van der Waals surface area contributed by atoms with Gasteiger partial charge in [-0.05, 0) is 39.0 Å². The number of likely N-dealkylation sites (tertiary alicyclic amines) is 1. The van der Waals surface area contributed by atoms with Crippen molar-refractivity contribution in [1.82, 2.24) is 4.90 Å². The number of carbonyl (C=O) groups excluding carboxylic acids is 2. The number of aliphatic hydroxyl groups is 1. The Hall–Kier alpha value is -2.68. The monoisotopic (exact) mass is 497 g/mol. The fourth-order valence-electron chi connectivity index (χ4n) is 3.69. The highest BCUT2D eigenvalue weighted by Gasteiger charge is 2.47. The van der Waals surface area contributed by atoms with Crippen molar-refractivity contribution in [3.8, 4) is 11.5 Å². The second-order valence-corrected chi connectivity index (χ2v) is 8.43. The van der Waals surface area contributed by atoms with E-state index in [9.17, 15) is 14.7 Å². The maximum absolute atomic E-state index is 13.1. The summed E-state index contributed by atoms with van der Waals surface area (Å²) in [5, 5.41) is 11.4. The number of hydrogen-bond acceptors (Lipinski definition) is 7. The molecule has 0 spiro atoms. The lowest BCUT2D eigenvalue weighted by atomic mass is 9.98. The Morgan fingerprint density at radius 1 is 1.18 bits per heavy atom. The molecule has 10 heteroatoms. The molecule has 1 saturated heterocycles. The Morgan fingerprint density at radius 2 is 1.85 bits per heavy atom. The summed E-state index contributed by atoms with van der Waals surface area (Å²) in [6.07, 6.45) is -0.0565. The number of ether oxygens (including phenoxy) is 3. The molecule has 0 radical (unpaired) electrons. The quantitative estimate of drug-likeness (QED) is 0.318. The molecule has 1 aromatic heterocycles. The van der Waals surface area contributed by atoms with Gasteiger partial charge in [-0.15, -0.1) is 0 Å². The minimum atomic E-state index is -0.973. The summed E-state index contributed by atoms with van der Waals surface area (Å²) in [6, 6.07) is 3.75. The third kappa shape index (κ3) is 4.69. The highest BCUT2D eigenvalue weighted by atomic mass is 35.5. The first-order chi connectivity index (χ1) is 15.6. The summed E-state index contributed by atoms with van der Waals surface area (Å²) >= 11 is 12.6. The number of halogens is 2. The molecule has 1 N–H and O–H groups in total. The number of nitrogens with zero attached hydrogens (tertiary/aromatic N) is 1. The number of aryl methyl sites for hydroxylation is 1. The number of carbonyl (C=O) groups is 2. The highest BCUT2D eigenvalue weighted by Crippen LogP contribution is 2.47. The highest BCUT2D eigenvalue weighted by molar-refractivity contribution is 6.47. The van der Waals surface area contributed by atoms with Crippen LogP contribution in [-0.2, 0) is 14.3 Å². The van der Waals surface area contributed by atoms with E-state index >= 15 is 0 Å². The normalized spacial score (nSPS) is 17.8. The Labute approximate surface area is 201 Å². The third-order valence-corrected chi connectivity index (χ3v) is 5.77. The van der Waals surface area contributed by atoms with Crippen LogP contribution in [0.15, 0.2) is 28.2 Å². The van der Waals surface area contributed by atoms with Crippen LogP contribution >= 0.6 is 23.2 Å². The molecule has 1 atom stereocenters. The lowest BCUT2D eigenvalue weighted by Gasteiger charge is -2.24. The van der Waals surface area contributed by atoms with Gasteiger partial charge in [0, 0.05) is 6.54 Å². The van der Waals surface area contributed by atoms with E-state index in [1.165, 1.54) is 25.2 Å². The largest absolute Gasteiger partial charge is 0.507 e. The molecule has 1 aliphatic rings. The SMILES string of the molecule is COc1c(Cl)cc(/C(O)=C2\C(=O)C(=O)N(CCOC(C)C)C2c2ccc(C)o2)c(OC)c1Cl. The number of furan rings is 1. The summed E-state index contributed by atoms with van der Waals surface area (Å²) in [6.45, 7) is 5.79. The van der Waals surface area contributed by atoms with Gasteiger partial charge in [0.05, 0.1) is 43.1 Å². The van der Waals surface area contributed by atoms with Gasteiger partial charge in [0.25, 0.3) is 11.7 Å². The van der Waals surface area contributed by atoms with Crippen molar-refractivity contribution >= 4 is 40.7 Å². The number of benzene rings is 1.